The van der Waals surface area contributed by atoms with Crippen molar-refractivity contribution >= 4 is 25.3 Å². The Bertz CT molecular complexity index is 577. The fraction of sp³-hybridized carbons (Fsp3) is 0.966. The Morgan fingerprint density at radius 1 is 0.784 bits per heavy atom. The Labute approximate surface area is 233 Å². The van der Waals surface area contributed by atoms with Crippen LogP contribution in [0.25, 0.3) is 0 Å². The molecule has 0 bridgehead atoms. The number of rotatable bonds is 28. The van der Waals surface area contributed by atoms with Gasteiger partial charge in [0, 0.05) is 5.25 Å². The molecule has 222 valence electrons. The van der Waals surface area contributed by atoms with Gasteiger partial charge in [0.15, 0.2) is 6.10 Å². The number of thioether (sulfide) groups is 1. The summed E-state index contributed by atoms with van der Waals surface area (Å²) in [7, 11) is -4.00. The standard InChI is InChI=1S/C29H59O6PS/c1-5-8-10-12-13-14-15-16-17-19-21-24-37-28(22-20-18-11-9-6-2)26(4)35-27(29(30)31)25-36(32,33)34-23-7-3/h26-28H,5-25H2,1-4H3,(H,30,31)(H,32,33). The first kappa shape index (κ1) is 36.9. The monoisotopic (exact) mass is 566 g/mol. The lowest BCUT2D eigenvalue weighted by Gasteiger charge is -2.27. The van der Waals surface area contributed by atoms with Crippen LogP contribution in [0.1, 0.15) is 143 Å². The van der Waals surface area contributed by atoms with Gasteiger partial charge in [0.2, 0.25) is 0 Å². The number of carboxylic acids is 1. The van der Waals surface area contributed by atoms with Gasteiger partial charge in [0.25, 0.3) is 0 Å². The molecule has 6 nitrogen and oxygen atoms in total. The molecule has 0 saturated heterocycles. The summed E-state index contributed by atoms with van der Waals surface area (Å²) in [4.78, 5) is 21.8. The molecule has 0 saturated carbocycles. The fourth-order valence-corrected chi connectivity index (χ4v) is 7.00. The zero-order chi connectivity index (χ0) is 27.8. The topological polar surface area (TPSA) is 93.1 Å². The van der Waals surface area contributed by atoms with Gasteiger partial charge in [0.05, 0.1) is 18.9 Å². The minimum Gasteiger partial charge on any atom is -0.479 e. The van der Waals surface area contributed by atoms with Crippen LogP contribution in [-0.2, 0) is 18.6 Å². The zero-order valence-electron chi connectivity index (χ0n) is 24.5. The van der Waals surface area contributed by atoms with Crippen molar-refractivity contribution in [2.45, 2.75) is 161 Å². The molecule has 0 rings (SSSR count). The van der Waals surface area contributed by atoms with E-state index in [-0.39, 0.29) is 18.0 Å². The lowest BCUT2D eigenvalue weighted by Crippen LogP contribution is -2.36. The molecule has 0 aliphatic rings. The summed E-state index contributed by atoms with van der Waals surface area (Å²) >= 11 is 1.88. The van der Waals surface area contributed by atoms with Crippen molar-refractivity contribution in [1.29, 1.82) is 0 Å². The van der Waals surface area contributed by atoms with E-state index in [4.69, 9.17) is 9.26 Å². The van der Waals surface area contributed by atoms with E-state index in [1.807, 2.05) is 25.6 Å². The number of carbonyl (C=O) groups is 1. The molecular weight excluding hydrogens is 507 g/mol. The van der Waals surface area contributed by atoms with Crippen molar-refractivity contribution in [2.24, 2.45) is 0 Å². The Balaban J connectivity index is 4.55. The molecule has 0 aliphatic carbocycles. The molecule has 0 fully saturated rings. The van der Waals surface area contributed by atoms with Crippen LogP contribution in [0.2, 0.25) is 0 Å². The predicted octanol–water partition coefficient (Wildman–Crippen LogP) is 9.23. The summed E-state index contributed by atoms with van der Waals surface area (Å²) < 4.78 is 23.2. The summed E-state index contributed by atoms with van der Waals surface area (Å²) in [5.41, 5.74) is 0. The Kier molecular flexibility index (Phi) is 24.9. The van der Waals surface area contributed by atoms with Crippen LogP contribution >= 0.6 is 19.4 Å². The third kappa shape index (κ3) is 22.4. The summed E-state index contributed by atoms with van der Waals surface area (Å²) in [6.07, 6.45) is 19.9. The quantitative estimate of drug-likeness (QED) is 0.0720. The predicted molar refractivity (Wildman–Crippen MR) is 159 cm³/mol. The highest BCUT2D eigenvalue weighted by atomic mass is 32.2. The minimum absolute atomic E-state index is 0.130. The summed E-state index contributed by atoms with van der Waals surface area (Å²) in [6.45, 7) is 8.35. The lowest BCUT2D eigenvalue weighted by atomic mass is 10.1. The molecule has 0 aromatic heterocycles. The highest BCUT2D eigenvalue weighted by Gasteiger charge is 2.33. The summed E-state index contributed by atoms with van der Waals surface area (Å²) in [6, 6.07) is 0. The van der Waals surface area contributed by atoms with Gasteiger partial charge in [-0.25, -0.2) is 4.79 Å². The number of ether oxygens (including phenoxy) is 1. The smallest absolute Gasteiger partial charge is 0.333 e. The first-order chi connectivity index (χ1) is 17.8. The first-order valence-corrected chi connectivity index (χ1v) is 18.0. The second-order valence-electron chi connectivity index (χ2n) is 10.5. The SMILES string of the molecule is CCCCCCCCCCCCCSC(CCCCCCC)C(C)OC(CP(=O)(O)OCCC)C(=O)O. The summed E-state index contributed by atoms with van der Waals surface area (Å²) in [5, 5.41) is 9.82. The molecule has 0 aliphatic heterocycles. The molecule has 0 aromatic carbocycles. The number of unbranched alkanes of at least 4 members (excludes halogenated alkanes) is 14. The Morgan fingerprint density at radius 2 is 1.27 bits per heavy atom. The van der Waals surface area contributed by atoms with E-state index in [9.17, 15) is 19.4 Å². The van der Waals surface area contributed by atoms with Crippen molar-refractivity contribution in [1.82, 2.24) is 0 Å². The van der Waals surface area contributed by atoms with Gasteiger partial charge >= 0.3 is 13.6 Å². The number of carboxylic acid groups (broad SMARTS) is 1. The lowest BCUT2D eigenvalue weighted by molar-refractivity contribution is -0.152. The van der Waals surface area contributed by atoms with Crippen molar-refractivity contribution < 1.29 is 28.6 Å². The van der Waals surface area contributed by atoms with Gasteiger partial charge in [-0.2, -0.15) is 11.8 Å². The van der Waals surface area contributed by atoms with E-state index in [0.717, 1.165) is 18.6 Å². The molecular formula is C29H59O6PS. The first-order valence-electron chi connectivity index (χ1n) is 15.2. The number of hydrogen-bond acceptors (Lipinski definition) is 5. The molecule has 2 N–H and O–H groups in total. The van der Waals surface area contributed by atoms with Crippen LogP contribution in [0, 0.1) is 0 Å². The minimum atomic E-state index is -4.00. The van der Waals surface area contributed by atoms with Gasteiger partial charge in [-0.15, -0.1) is 0 Å². The second kappa shape index (κ2) is 24.9. The second-order valence-corrected chi connectivity index (χ2v) is 13.7. The van der Waals surface area contributed by atoms with Crippen LogP contribution < -0.4 is 0 Å². The Hall–Kier alpha value is -0.0700. The maximum atomic E-state index is 12.3. The van der Waals surface area contributed by atoms with E-state index in [1.165, 1.54) is 96.3 Å². The zero-order valence-corrected chi connectivity index (χ0v) is 26.2. The average molecular weight is 567 g/mol. The van der Waals surface area contributed by atoms with Gasteiger partial charge in [-0.1, -0.05) is 117 Å². The van der Waals surface area contributed by atoms with Crippen LogP contribution in [0.3, 0.4) is 0 Å². The molecule has 4 unspecified atom stereocenters. The Morgan fingerprint density at radius 3 is 1.76 bits per heavy atom. The van der Waals surface area contributed by atoms with Crippen LogP contribution in [0.5, 0.6) is 0 Å². The molecule has 4 atom stereocenters. The van der Waals surface area contributed by atoms with Crippen LogP contribution in [-0.4, -0.2) is 51.9 Å². The molecule has 0 amide bonds. The maximum Gasteiger partial charge on any atom is 0.333 e. The van der Waals surface area contributed by atoms with E-state index in [0.29, 0.717) is 6.42 Å². The van der Waals surface area contributed by atoms with Gasteiger partial charge in [-0.3, -0.25) is 4.57 Å². The summed E-state index contributed by atoms with van der Waals surface area (Å²) in [5.74, 6) is -0.168. The molecule has 8 heteroatoms. The largest absolute Gasteiger partial charge is 0.479 e. The van der Waals surface area contributed by atoms with Crippen LogP contribution in [0.4, 0.5) is 0 Å². The number of aliphatic carboxylic acids is 1. The average Bonchev–Trinajstić information content (AvgIpc) is 2.86. The van der Waals surface area contributed by atoms with E-state index in [2.05, 4.69) is 13.8 Å². The van der Waals surface area contributed by atoms with Gasteiger partial charge in [-0.05, 0) is 31.9 Å². The van der Waals surface area contributed by atoms with Crippen molar-refractivity contribution in [3.8, 4) is 0 Å². The molecule has 37 heavy (non-hydrogen) atoms. The van der Waals surface area contributed by atoms with Crippen molar-refractivity contribution in [3.63, 3.8) is 0 Å². The maximum absolute atomic E-state index is 12.3. The molecule has 0 aromatic rings. The van der Waals surface area contributed by atoms with E-state index < -0.39 is 25.8 Å². The van der Waals surface area contributed by atoms with Crippen LogP contribution in [0.15, 0.2) is 0 Å². The van der Waals surface area contributed by atoms with Gasteiger partial charge in [0.1, 0.15) is 0 Å². The molecule has 0 spiro atoms. The molecule has 0 radical (unpaired) electrons. The fourth-order valence-electron chi connectivity index (χ4n) is 4.43. The highest BCUT2D eigenvalue weighted by Crippen LogP contribution is 2.43. The third-order valence-corrected chi connectivity index (χ3v) is 9.69. The van der Waals surface area contributed by atoms with Crippen molar-refractivity contribution in [2.75, 3.05) is 18.5 Å². The van der Waals surface area contributed by atoms with Crippen molar-refractivity contribution in [3.05, 3.63) is 0 Å². The van der Waals surface area contributed by atoms with Gasteiger partial charge < -0.3 is 19.3 Å². The number of hydrogen-bond donors (Lipinski definition) is 2. The van der Waals surface area contributed by atoms with E-state index >= 15 is 0 Å². The normalized spacial score (nSPS) is 15.8. The molecule has 0 heterocycles. The highest BCUT2D eigenvalue weighted by molar-refractivity contribution is 7.99. The third-order valence-electron chi connectivity index (χ3n) is 6.74. The van der Waals surface area contributed by atoms with E-state index in [1.54, 1.807) is 0 Å².